The molecule has 0 amide bonds. The van der Waals surface area contributed by atoms with Crippen molar-refractivity contribution in [3.05, 3.63) is 64.8 Å². The smallest absolute Gasteiger partial charge is 0.255 e. The van der Waals surface area contributed by atoms with E-state index in [1.807, 2.05) is 19.1 Å². The number of hydrogen-bond acceptors (Lipinski definition) is 3. The van der Waals surface area contributed by atoms with Crippen LogP contribution in [0.5, 0.6) is 5.75 Å². The number of phenolic OH excluding ortho intramolecular Hbond substituents is 1. The van der Waals surface area contributed by atoms with Crippen LogP contribution in [0, 0.1) is 12.7 Å². The van der Waals surface area contributed by atoms with E-state index in [2.05, 4.69) is 4.72 Å². The van der Waals surface area contributed by atoms with E-state index in [1.165, 1.54) is 12.1 Å². The van der Waals surface area contributed by atoms with Gasteiger partial charge in [-0.05, 0) is 30.7 Å². The summed E-state index contributed by atoms with van der Waals surface area (Å²) in [4.78, 5) is 0. The molecular formula is C15H14FNO3S. The predicted molar refractivity (Wildman–Crippen MR) is 80.8 cm³/mol. The maximum absolute atomic E-state index is 13.5. The molecule has 0 aromatic heterocycles. The highest BCUT2D eigenvalue weighted by molar-refractivity contribution is 7.95. The van der Waals surface area contributed by atoms with Gasteiger partial charge in [0.05, 0.1) is 11.1 Å². The van der Waals surface area contributed by atoms with E-state index < -0.39 is 15.8 Å². The molecule has 0 radical (unpaired) electrons. The molecule has 0 aliphatic carbocycles. The monoisotopic (exact) mass is 307 g/mol. The highest BCUT2D eigenvalue weighted by Gasteiger charge is 2.10. The Morgan fingerprint density at radius 1 is 1.14 bits per heavy atom. The summed E-state index contributed by atoms with van der Waals surface area (Å²) in [5.74, 6) is -1.12. The molecule has 0 saturated carbocycles. The van der Waals surface area contributed by atoms with Gasteiger partial charge >= 0.3 is 0 Å². The number of halogens is 1. The molecule has 2 N–H and O–H groups in total. The molecule has 0 fully saturated rings. The number of hydrogen-bond donors (Lipinski definition) is 2. The second kappa shape index (κ2) is 5.97. The molecule has 2 aromatic carbocycles. The number of phenols is 1. The SMILES string of the molecule is Cc1ccc(/C=C/S(=O)(=O)Nc2ccc(O)cc2F)cc1. The van der Waals surface area contributed by atoms with E-state index >= 15 is 0 Å². The molecule has 0 bridgehead atoms. The van der Waals surface area contributed by atoms with Crippen molar-refractivity contribution in [2.45, 2.75) is 6.92 Å². The molecule has 0 saturated heterocycles. The van der Waals surface area contributed by atoms with Gasteiger partial charge in [-0.25, -0.2) is 12.8 Å². The summed E-state index contributed by atoms with van der Waals surface area (Å²) in [6.45, 7) is 1.93. The average molecular weight is 307 g/mol. The molecule has 6 heteroatoms. The lowest BCUT2D eigenvalue weighted by atomic mass is 10.2. The van der Waals surface area contributed by atoms with Crippen LogP contribution >= 0.6 is 0 Å². The Kier molecular flexibility index (Phi) is 4.28. The largest absolute Gasteiger partial charge is 0.508 e. The first-order valence-electron chi connectivity index (χ1n) is 6.12. The van der Waals surface area contributed by atoms with Gasteiger partial charge in [-0.3, -0.25) is 4.72 Å². The number of nitrogens with one attached hydrogen (secondary N) is 1. The summed E-state index contributed by atoms with van der Waals surface area (Å²) < 4.78 is 39.3. The van der Waals surface area contributed by atoms with Crippen molar-refractivity contribution in [1.29, 1.82) is 0 Å². The van der Waals surface area contributed by atoms with Crippen molar-refractivity contribution in [3.8, 4) is 5.75 Å². The van der Waals surface area contributed by atoms with Gasteiger partial charge in [0, 0.05) is 6.07 Å². The Balaban J connectivity index is 2.16. The highest BCUT2D eigenvalue weighted by atomic mass is 32.2. The number of aryl methyl sites for hydroxylation is 1. The fourth-order valence-electron chi connectivity index (χ4n) is 1.62. The lowest BCUT2D eigenvalue weighted by molar-refractivity contribution is 0.469. The Morgan fingerprint density at radius 2 is 1.81 bits per heavy atom. The van der Waals surface area contributed by atoms with Crippen LogP contribution in [-0.4, -0.2) is 13.5 Å². The van der Waals surface area contributed by atoms with Crippen LogP contribution in [0.4, 0.5) is 10.1 Å². The van der Waals surface area contributed by atoms with Gasteiger partial charge in [0.1, 0.15) is 5.75 Å². The summed E-state index contributed by atoms with van der Waals surface area (Å²) in [6, 6.07) is 10.5. The van der Waals surface area contributed by atoms with Gasteiger partial charge in [0.25, 0.3) is 10.0 Å². The lowest BCUT2D eigenvalue weighted by Crippen LogP contribution is -2.10. The zero-order chi connectivity index (χ0) is 15.5. The van der Waals surface area contributed by atoms with E-state index in [1.54, 1.807) is 12.1 Å². The first-order valence-corrected chi connectivity index (χ1v) is 7.66. The molecule has 21 heavy (non-hydrogen) atoms. The minimum atomic E-state index is -3.83. The van der Waals surface area contributed by atoms with Crippen LogP contribution < -0.4 is 4.72 Å². The van der Waals surface area contributed by atoms with E-state index in [0.29, 0.717) is 0 Å². The fourth-order valence-corrected chi connectivity index (χ4v) is 2.50. The minimum Gasteiger partial charge on any atom is -0.508 e. The lowest BCUT2D eigenvalue weighted by Gasteiger charge is -2.06. The van der Waals surface area contributed by atoms with Crippen LogP contribution in [-0.2, 0) is 10.0 Å². The summed E-state index contributed by atoms with van der Waals surface area (Å²) in [5.41, 5.74) is 1.57. The molecule has 110 valence electrons. The third kappa shape index (κ3) is 4.32. The minimum absolute atomic E-state index is 0.221. The Hall–Kier alpha value is -2.34. The summed E-state index contributed by atoms with van der Waals surface area (Å²) in [5, 5.41) is 10.0. The molecule has 4 nitrogen and oxygen atoms in total. The van der Waals surface area contributed by atoms with Crippen LogP contribution in [0.1, 0.15) is 11.1 Å². The van der Waals surface area contributed by atoms with Gasteiger partial charge < -0.3 is 5.11 Å². The number of anilines is 1. The normalized spacial score (nSPS) is 11.7. The van der Waals surface area contributed by atoms with Crippen molar-refractivity contribution in [1.82, 2.24) is 0 Å². The first-order chi connectivity index (χ1) is 9.85. The summed E-state index contributed by atoms with van der Waals surface area (Å²) in [6.07, 6.45) is 1.42. The second-order valence-electron chi connectivity index (χ2n) is 4.52. The van der Waals surface area contributed by atoms with Gasteiger partial charge in [-0.2, -0.15) is 0 Å². The van der Waals surface area contributed by atoms with E-state index in [9.17, 15) is 12.8 Å². The molecule has 2 rings (SSSR count). The maximum atomic E-state index is 13.5. The Morgan fingerprint density at radius 3 is 2.43 bits per heavy atom. The molecule has 0 heterocycles. The third-order valence-electron chi connectivity index (χ3n) is 2.72. The van der Waals surface area contributed by atoms with Crippen LogP contribution in [0.15, 0.2) is 47.9 Å². The molecule has 0 unspecified atom stereocenters. The Bertz CT molecular complexity index is 768. The van der Waals surface area contributed by atoms with Crippen molar-refractivity contribution in [2.24, 2.45) is 0 Å². The molecule has 0 aliphatic heterocycles. The van der Waals surface area contributed by atoms with E-state index in [4.69, 9.17) is 5.11 Å². The topological polar surface area (TPSA) is 66.4 Å². The van der Waals surface area contributed by atoms with Crippen LogP contribution in [0.25, 0.3) is 6.08 Å². The molecule has 2 aromatic rings. The number of aromatic hydroxyl groups is 1. The molecule has 0 atom stereocenters. The third-order valence-corrected chi connectivity index (χ3v) is 3.72. The second-order valence-corrected chi connectivity index (χ2v) is 6.09. The van der Waals surface area contributed by atoms with Gasteiger partial charge in [-0.1, -0.05) is 29.8 Å². The van der Waals surface area contributed by atoms with Crippen molar-refractivity contribution < 1.29 is 17.9 Å². The van der Waals surface area contributed by atoms with Gasteiger partial charge in [0.2, 0.25) is 0 Å². The Labute approximate surface area is 122 Å². The highest BCUT2D eigenvalue weighted by Crippen LogP contribution is 2.20. The molecule has 0 aliphatic rings. The maximum Gasteiger partial charge on any atom is 0.255 e. The van der Waals surface area contributed by atoms with Crippen molar-refractivity contribution in [3.63, 3.8) is 0 Å². The quantitative estimate of drug-likeness (QED) is 0.852. The zero-order valence-corrected chi connectivity index (χ0v) is 12.1. The van der Waals surface area contributed by atoms with Gasteiger partial charge in [0.15, 0.2) is 5.82 Å². The summed E-state index contributed by atoms with van der Waals surface area (Å²) >= 11 is 0. The average Bonchev–Trinajstić information content (AvgIpc) is 2.41. The summed E-state index contributed by atoms with van der Waals surface area (Å²) in [7, 11) is -3.83. The standard InChI is InChI=1S/C15H14FNO3S/c1-11-2-4-12(5-3-11)8-9-21(19,20)17-15-7-6-13(18)10-14(15)16/h2-10,17-18H,1H3/b9-8+. The molecular weight excluding hydrogens is 293 g/mol. The van der Waals surface area contributed by atoms with E-state index in [0.717, 1.165) is 28.7 Å². The van der Waals surface area contributed by atoms with Crippen LogP contribution in [0.2, 0.25) is 0 Å². The van der Waals surface area contributed by atoms with Crippen molar-refractivity contribution >= 4 is 21.8 Å². The predicted octanol–water partition coefficient (Wildman–Crippen LogP) is 3.25. The van der Waals surface area contributed by atoms with E-state index in [-0.39, 0.29) is 11.4 Å². The zero-order valence-electron chi connectivity index (χ0n) is 11.2. The first kappa shape index (κ1) is 15.1. The fraction of sp³-hybridized carbons (Fsp3) is 0.0667. The van der Waals surface area contributed by atoms with Crippen LogP contribution in [0.3, 0.4) is 0 Å². The molecule has 0 spiro atoms. The number of sulfonamides is 1. The number of rotatable bonds is 4. The van der Waals surface area contributed by atoms with Crippen molar-refractivity contribution in [2.75, 3.05) is 4.72 Å². The number of benzene rings is 2. The van der Waals surface area contributed by atoms with Gasteiger partial charge in [-0.15, -0.1) is 0 Å².